The molecule has 1 unspecified atom stereocenters. The minimum absolute atomic E-state index is 0.0338. The van der Waals surface area contributed by atoms with Crippen molar-refractivity contribution in [1.82, 2.24) is 25.1 Å². The summed E-state index contributed by atoms with van der Waals surface area (Å²) in [6.45, 7) is 10.7. The molecule has 11 nitrogen and oxygen atoms in total. The summed E-state index contributed by atoms with van der Waals surface area (Å²) in [5, 5.41) is 16.9. The molecule has 0 radical (unpaired) electrons. The predicted molar refractivity (Wildman–Crippen MR) is 185 cm³/mol. The number of aliphatic hydroxyl groups is 1. The van der Waals surface area contributed by atoms with Crippen molar-refractivity contribution in [1.29, 1.82) is 0 Å². The van der Waals surface area contributed by atoms with Crippen molar-refractivity contribution in [3.8, 4) is 5.75 Å². The fourth-order valence-electron chi connectivity index (χ4n) is 6.05. The number of hydrogen-bond donors (Lipinski definition) is 3. The highest BCUT2D eigenvalue weighted by molar-refractivity contribution is 7.99. The molecule has 1 spiro atoms. The molecular weight excluding hydrogens is 647 g/mol. The second-order valence-electron chi connectivity index (χ2n) is 12.3. The number of nitrogens with zero attached hydrogens (tertiary/aromatic N) is 3. The maximum absolute atomic E-state index is 13.1. The number of amides is 1. The second kappa shape index (κ2) is 16.7. The molecule has 1 atom stereocenters. The summed E-state index contributed by atoms with van der Waals surface area (Å²) in [6.07, 6.45) is 4.42. The van der Waals surface area contributed by atoms with Gasteiger partial charge in [-0.15, -0.1) is 11.3 Å². The number of aromatic nitrogens is 2. The van der Waals surface area contributed by atoms with Crippen molar-refractivity contribution in [3.05, 3.63) is 43.4 Å². The molecule has 2 fully saturated rings. The van der Waals surface area contributed by atoms with Gasteiger partial charge in [0.05, 0.1) is 34.6 Å². The van der Waals surface area contributed by atoms with Crippen LogP contribution in [0.5, 0.6) is 5.75 Å². The van der Waals surface area contributed by atoms with Crippen LogP contribution in [0.4, 0.5) is 0 Å². The number of rotatable bonds is 16. The van der Waals surface area contributed by atoms with Crippen molar-refractivity contribution in [3.63, 3.8) is 0 Å². The Morgan fingerprint density at radius 3 is 2.80 bits per heavy atom. The lowest BCUT2D eigenvalue weighted by Gasteiger charge is -2.47. The molecule has 2 aliphatic rings. The Labute approximate surface area is 282 Å². The van der Waals surface area contributed by atoms with Gasteiger partial charge in [0.1, 0.15) is 11.2 Å². The van der Waals surface area contributed by atoms with Gasteiger partial charge in [0.15, 0.2) is 5.75 Å². The van der Waals surface area contributed by atoms with Crippen LogP contribution in [0, 0.1) is 0 Å². The van der Waals surface area contributed by atoms with Gasteiger partial charge < -0.3 is 34.7 Å². The first-order chi connectivity index (χ1) is 22.3. The molecule has 1 amide bonds. The highest BCUT2D eigenvalue weighted by Gasteiger charge is 2.41. The van der Waals surface area contributed by atoms with Crippen molar-refractivity contribution in [2.24, 2.45) is 0 Å². The van der Waals surface area contributed by atoms with Gasteiger partial charge in [-0.3, -0.25) is 14.4 Å². The second-order valence-corrected chi connectivity index (χ2v) is 15.4. The molecule has 0 saturated carbocycles. The number of ether oxygens (including phenoxy) is 2. The lowest BCUT2D eigenvalue weighted by molar-refractivity contribution is -0.127. The average molecular weight is 692 g/mol. The number of nitrogens with one attached hydrogen (secondary N) is 2. The SMILES string of the molecule is CC(C)c1nc(C(=O)N2CCOC3(CCN(CCCSCCCCNCC(O)c4ccc(OC=O)c5[nH]c(=O)sc45)CC3)C2)cs1. The fourth-order valence-corrected chi connectivity index (χ4v) is 8.72. The van der Waals surface area contributed by atoms with Crippen molar-refractivity contribution in [2.75, 3.05) is 63.9 Å². The summed E-state index contributed by atoms with van der Waals surface area (Å²) in [5.41, 5.74) is 1.41. The summed E-state index contributed by atoms with van der Waals surface area (Å²) >= 11 is 4.56. The van der Waals surface area contributed by atoms with Crippen molar-refractivity contribution < 1.29 is 24.2 Å². The number of fused-ring (bicyclic) bond motifs is 1. The number of thiazole rings is 2. The van der Waals surface area contributed by atoms with Crippen LogP contribution in [0.2, 0.25) is 0 Å². The van der Waals surface area contributed by atoms with E-state index in [0.29, 0.717) is 60.1 Å². The quantitative estimate of drug-likeness (QED) is 0.148. The smallest absolute Gasteiger partial charge is 0.305 e. The topological polar surface area (TPSA) is 137 Å². The number of carbonyl (C=O) groups excluding carboxylic acids is 2. The molecule has 46 heavy (non-hydrogen) atoms. The van der Waals surface area contributed by atoms with E-state index >= 15 is 0 Å². The summed E-state index contributed by atoms with van der Waals surface area (Å²) < 4.78 is 11.8. The van der Waals surface area contributed by atoms with Gasteiger partial charge in [0, 0.05) is 43.0 Å². The largest absolute Gasteiger partial charge is 0.426 e. The van der Waals surface area contributed by atoms with E-state index < -0.39 is 6.10 Å². The Hall–Kier alpha value is -2.33. The number of hydrogen-bond acceptors (Lipinski definition) is 12. The molecule has 3 N–H and O–H groups in total. The van der Waals surface area contributed by atoms with Gasteiger partial charge in [0.25, 0.3) is 12.4 Å². The van der Waals surface area contributed by atoms with Crippen LogP contribution in [0.15, 0.2) is 22.3 Å². The van der Waals surface area contributed by atoms with Crippen molar-refractivity contribution >= 4 is 57.0 Å². The number of unbranched alkanes of at least 4 members (excludes halogenated alkanes) is 1. The van der Waals surface area contributed by atoms with Gasteiger partial charge in [-0.1, -0.05) is 31.3 Å². The molecule has 4 heterocycles. The third-order valence-corrected chi connectivity index (χ3v) is 11.9. The molecular formula is C32H45N5O6S3. The van der Waals surface area contributed by atoms with E-state index in [2.05, 4.69) is 34.0 Å². The summed E-state index contributed by atoms with van der Waals surface area (Å²) in [4.78, 5) is 47.2. The Balaban J connectivity index is 0.916. The lowest BCUT2D eigenvalue weighted by Crippen LogP contribution is -2.58. The Kier molecular flexibility index (Phi) is 12.7. The first kappa shape index (κ1) is 35.0. The summed E-state index contributed by atoms with van der Waals surface area (Å²) in [5.74, 6) is 2.89. The van der Waals surface area contributed by atoms with Crippen LogP contribution in [-0.2, 0) is 9.53 Å². The first-order valence-corrected chi connectivity index (χ1v) is 19.0. The maximum Gasteiger partial charge on any atom is 0.305 e. The summed E-state index contributed by atoms with van der Waals surface area (Å²) in [7, 11) is 0. The molecule has 14 heteroatoms. The van der Waals surface area contributed by atoms with E-state index in [-0.39, 0.29) is 22.1 Å². The molecule has 2 aliphatic heterocycles. The standard InChI is InChI=1S/C32H45N5O6S3/c1-22(2)29-34-24(19-45-29)30(40)37-14-15-43-32(20-37)8-12-36(13-9-32)11-5-17-44-16-4-3-10-33-18-25(39)23-6-7-26(42-21-38)27-28(23)46-31(41)35-27/h6-7,19,21-22,25,33,39H,3-5,8-18,20H2,1-2H3,(H,35,41). The molecule has 0 bridgehead atoms. The maximum atomic E-state index is 13.1. The molecule has 5 rings (SSSR count). The predicted octanol–water partition coefficient (Wildman–Crippen LogP) is 4.24. The number of morpholine rings is 1. The third kappa shape index (κ3) is 8.97. The first-order valence-electron chi connectivity index (χ1n) is 16.1. The molecule has 252 valence electrons. The third-order valence-electron chi connectivity index (χ3n) is 8.64. The van der Waals surface area contributed by atoms with E-state index in [1.807, 2.05) is 22.0 Å². The van der Waals surface area contributed by atoms with Crippen molar-refractivity contribution in [2.45, 2.75) is 63.6 Å². The average Bonchev–Trinajstić information content (AvgIpc) is 3.70. The lowest BCUT2D eigenvalue weighted by atomic mass is 9.89. The van der Waals surface area contributed by atoms with Crippen LogP contribution < -0.4 is 14.9 Å². The Bertz CT molecular complexity index is 1500. The molecule has 1 aromatic carbocycles. The van der Waals surface area contributed by atoms with Crippen LogP contribution >= 0.6 is 34.4 Å². The van der Waals surface area contributed by atoms with E-state index in [4.69, 9.17) is 9.47 Å². The molecule has 0 aliphatic carbocycles. The minimum Gasteiger partial charge on any atom is -0.426 e. The number of carbonyl (C=O) groups is 2. The molecule has 2 saturated heterocycles. The zero-order valence-corrected chi connectivity index (χ0v) is 29.1. The number of aromatic amines is 1. The Morgan fingerprint density at radius 1 is 1.24 bits per heavy atom. The van der Waals surface area contributed by atoms with Gasteiger partial charge in [-0.2, -0.15) is 11.8 Å². The number of likely N-dealkylation sites (tertiary alicyclic amines) is 1. The van der Waals surface area contributed by atoms with E-state index in [1.165, 1.54) is 0 Å². The van der Waals surface area contributed by atoms with E-state index in [9.17, 15) is 19.5 Å². The van der Waals surface area contributed by atoms with Gasteiger partial charge in [0.2, 0.25) is 0 Å². The van der Waals surface area contributed by atoms with Crippen LogP contribution in [0.25, 0.3) is 10.2 Å². The number of H-pyrrole nitrogens is 1. The zero-order chi connectivity index (χ0) is 32.5. The monoisotopic (exact) mass is 691 g/mol. The van der Waals surface area contributed by atoms with E-state index in [1.54, 1.807) is 23.5 Å². The zero-order valence-electron chi connectivity index (χ0n) is 26.6. The minimum atomic E-state index is -0.772. The van der Waals surface area contributed by atoms with Gasteiger partial charge >= 0.3 is 4.87 Å². The fraction of sp³-hybridized carbons (Fsp3) is 0.625. The molecule has 3 aromatic rings. The normalized spacial score (nSPS) is 17.6. The summed E-state index contributed by atoms with van der Waals surface area (Å²) in [6, 6.07) is 3.29. The molecule has 2 aromatic heterocycles. The number of thioether (sulfide) groups is 1. The van der Waals surface area contributed by atoms with Gasteiger partial charge in [-0.25, -0.2) is 4.98 Å². The van der Waals surface area contributed by atoms with Crippen LogP contribution in [0.1, 0.15) is 79.0 Å². The highest BCUT2D eigenvalue weighted by Crippen LogP contribution is 2.33. The highest BCUT2D eigenvalue weighted by atomic mass is 32.2. The number of benzene rings is 1. The Morgan fingerprint density at radius 2 is 2.04 bits per heavy atom. The van der Waals surface area contributed by atoms with E-state index in [0.717, 1.165) is 86.1 Å². The van der Waals surface area contributed by atoms with Crippen LogP contribution in [-0.4, -0.2) is 107 Å². The number of piperidine rings is 1. The van der Waals surface area contributed by atoms with Crippen LogP contribution in [0.3, 0.4) is 0 Å². The number of aliphatic hydroxyl groups excluding tert-OH is 1. The van der Waals surface area contributed by atoms with Gasteiger partial charge in [-0.05, 0) is 62.8 Å².